The zero-order valence-corrected chi connectivity index (χ0v) is 17.2. The first-order valence-electron chi connectivity index (χ1n) is 9.82. The van der Waals surface area contributed by atoms with E-state index in [0.29, 0.717) is 0 Å². The Morgan fingerprint density at radius 1 is 1.00 bits per heavy atom. The zero-order valence-electron chi connectivity index (χ0n) is 17.2. The fraction of sp³-hybridized carbons (Fsp3) is 0.125. The van der Waals surface area contributed by atoms with E-state index >= 15 is 0 Å². The van der Waals surface area contributed by atoms with Crippen LogP contribution in [0.1, 0.15) is 18.1 Å². The molecule has 0 aliphatic carbocycles. The maximum atomic E-state index is 13.0. The molecular weight excluding hydrogens is 392 g/mol. The van der Waals surface area contributed by atoms with Crippen molar-refractivity contribution >= 4 is 17.4 Å². The van der Waals surface area contributed by atoms with E-state index in [9.17, 15) is 14.4 Å². The van der Waals surface area contributed by atoms with E-state index in [1.165, 1.54) is 15.5 Å². The number of benzene rings is 2. The molecule has 3 rings (SSSR count). The molecule has 0 saturated heterocycles. The highest BCUT2D eigenvalue weighted by Gasteiger charge is 2.23. The number of amides is 1. The normalized spacial score (nSPS) is 11.3. The maximum absolute atomic E-state index is 13.0. The Bertz CT molecular complexity index is 1210. The largest absolute Gasteiger partial charge is 0.383 e. The summed E-state index contributed by atoms with van der Waals surface area (Å²) in [5, 5.41) is 0. The summed E-state index contributed by atoms with van der Waals surface area (Å²) in [6.07, 6.45) is 6.44. The van der Waals surface area contributed by atoms with Gasteiger partial charge in [0.1, 0.15) is 5.82 Å². The molecule has 2 aromatic carbocycles. The van der Waals surface area contributed by atoms with Crippen molar-refractivity contribution in [1.82, 2.24) is 9.55 Å². The standard InChI is InChI=1S/C24H24N4O3/c1-2-3-6-15-20(29)27(16-18-11-7-4-8-12-18)21-22(25)28(24(31)26-23(21)30)17-19-13-9-5-10-14-19/h2-15H,16-17,25H2,1H3,(H,26,30,31)/b3-2+,15-6+. The number of allylic oxidation sites excluding steroid dienone is 3. The first-order valence-corrected chi connectivity index (χ1v) is 9.82. The van der Waals surface area contributed by atoms with Gasteiger partial charge in [0.05, 0.1) is 13.1 Å². The van der Waals surface area contributed by atoms with Crippen molar-refractivity contribution in [2.24, 2.45) is 0 Å². The van der Waals surface area contributed by atoms with Gasteiger partial charge in [-0.2, -0.15) is 0 Å². The number of carbonyl (C=O) groups is 1. The first-order chi connectivity index (χ1) is 15.0. The van der Waals surface area contributed by atoms with Gasteiger partial charge in [-0.05, 0) is 18.1 Å². The zero-order chi connectivity index (χ0) is 22.2. The fourth-order valence-electron chi connectivity index (χ4n) is 3.13. The summed E-state index contributed by atoms with van der Waals surface area (Å²) in [5.74, 6) is -0.495. The molecule has 0 bridgehead atoms. The van der Waals surface area contributed by atoms with Crippen LogP contribution in [0.5, 0.6) is 0 Å². The van der Waals surface area contributed by atoms with Crippen LogP contribution in [0, 0.1) is 0 Å². The van der Waals surface area contributed by atoms with Gasteiger partial charge in [-0.25, -0.2) is 4.79 Å². The quantitative estimate of drug-likeness (QED) is 0.457. The smallest absolute Gasteiger partial charge is 0.330 e. The number of aromatic nitrogens is 2. The molecule has 0 saturated carbocycles. The predicted octanol–water partition coefficient (Wildman–Crippen LogP) is 2.83. The molecule has 1 heterocycles. The van der Waals surface area contributed by atoms with Crippen LogP contribution in [0.4, 0.5) is 11.5 Å². The molecule has 0 spiro atoms. The molecular formula is C24H24N4O3. The van der Waals surface area contributed by atoms with Crippen LogP contribution in [-0.4, -0.2) is 15.5 Å². The molecule has 0 fully saturated rings. The highest BCUT2D eigenvalue weighted by molar-refractivity contribution is 6.02. The molecule has 3 N–H and O–H groups in total. The second-order valence-corrected chi connectivity index (χ2v) is 6.86. The molecule has 1 amide bonds. The fourth-order valence-corrected chi connectivity index (χ4v) is 3.13. The lowest BCUT2D eigenvalue weighted by Gasteiger charge is -2.23. The van der Waals surface area contributed by atoms with Crippen molar-refractivity contribution in [2.75, 3.05) is 10.6 Å². The van der Waals surface area contributed by atoms with Gasteiger partial charge in [0, 0.05) is 6.08 Å². The predicted molar refractivity (Wildman–Crippen MR) is 123 cm³/mol. The minimum Gasteiger partial charge on any atom is -0.383 e. The molecule has 0 aliphatic heterocycles. The lowest BCUT2D eigenvalue weighted by Crippen LogP contribution is -2.40. The van der Waals surface area contributed by atoms with Gasteiger partial charge >= 0.3 is 5.69 Å². The third-order valence-electron chi connectivity index (χ3n) is 4.66. The molecule has 7 heteroatoms. The highest BCUT2D eigenvalue weighted by atomic mass is 16.2. The summed E-state index contributed by atoms with van der Waals surface area (Å²) in [7, 11) is 0. The van der Waals surface area contributed by atoms with Crippen LogP contribution < -0.4 is 21.9 Å². The third kappa shape index (κ3) is 5.27. The van der Waals surface area contributed by atoms with Crippen LogP contribution >= 0.6 is 0 Å². The van der Waals surface area contributed by atoms with Gasteiger partial charge in [0.25, 0.3) is 11.5 Å². The van der Waals surface area contributed by atoms with Crippen LogP contribution in [-0.2, 0) is 17.9 Å². The first kappa shape index (κ1) is 21.6. The molecule has 3 aromatic rings. The Morgan fingerprint density at radius 2 is 1.61 bits per heavy atom. The third-order valence-corrected chi connectivity index (χ3v) is 4.66. The average Bonchev–Trinajstić information content (AvgIpc) is 2.77. The van der Waals surface area contributed by atoms with Gasteiger partial charge in [-0.1, -0.05) is 78.9 Å². The molecule has 158 valence electrons. The van der Waals surface area contributed by atoms with Crippen molar-refractivity contribution < 1.29 is 4.79 Å². The number of nitrogens with one attached hydrogen (secondary N) is 1. The number of rotatable bonds is 7. The number of nitrogens with zero attached hydrogens (tertiary/aromatic N) is 2. The number of nitrogens with two attached hydrogens (primary N) is 1. The lowest BCUT2D eigenvalue weighted by molar-refractivity contribution is -0.114. The van der Waals surface area contributed by atoms with E-state index in [1.54, 1.807) is 18.2 Å². The van der Waals surface area contributed by atoms with Crippen LogP contribution in [0.15, 0.2) is 94.6 Å². The number of hydrogen-bond acceptors (Lipinski definition) is 4. The molecule has 31 heavy (non-hydrogen) atoms. The average molecular weight is 416 g/mol. The Labute approximate surface area is 179 Å². The summed E-state index contributed by atoms with van der Waals surface area (Å²) in [6, 6.07) is 18.5. The Hall–Kier alpha value is -4.13. The van der Waals surface area contributed by atoms with Crippen molar-refractivity contribution in [1.29, 1.82) is 0 Å². The van der Waals surface area contributed by atoms with Gasteiger partial charge < -0.3 is 5.73 Å². The van der Waals surface area contributed by atoms with Crippen molar-refractivity contribution in [3.8, 4) is 0 Å². The maximum Gasteiger partial charge on any atom is 0.330 e. The number of anilines is 2. The molecule has 7 nitrogen and oxygen atoms in total. The van der Waals surface area contributed by atoms with Gasteiger partial charge in [-0.3, -0.25) is 24.0 Å². The number of H-pyrrole nitrogens is 1. The second kappa shape index (κ2) is 10.1. The van der Waals surface area contributed by atoms with Crippen LogP contribution in [0.3, 0.4) is 0 Å². The van der Waals surface area contributed by atoms with Crippen molar-refractivity contribution in [2.45, 2.75) is 20.0 Å². The summed E-state index contributed by atoms with van der Waals surface area (Å²) in [5.41, 5.74) is 6.54. The Morgan fingerprint density at radius 3 is 2.23 bits per heavy atom. The Kier molecular flexibility index (Phi) is 7.01. The Balaban J connectivity index is 2.10. The molecule has 1 aromatic heterocycles. The number of hydrogen-bond donors (Lipinski definition) is 2. The lowest BCUT2D eigenvalue weighted by atomic mass is 10.2. The summed E-state index contributed by atoms with van der Waals surface area (Å²) in [4.78, 5) is 41.8. The van der Waals surface area contributed by atoms with E-state index in [2.05, 4.69) is 4.98 Å². The van der Waals surface area contributed by atoms with Crippen molar-refractivity contribution in [3.63, 3.8) is 0 Å². The van der Waals surface area contributed by atoms with E-state index in [1.807, 2.05) is 67.6 Å². The molecule has 0 aliphatic rings. The monoisotopic (exact) mass is 416 g/mol. The molecule has 0 atom stereocenters. The van der Waals surface area contributed by atoms with E-state index in [4.69, 9.17) is 5.73 Å². The van der Waals surface area contributed by atoms with E-state index < -0.39 is 17.2 Å². The van der Waals surface area contributed by atoms with E-state index in [-0.39, 0.29) is 24.6 Å². The van der Waals surface area contributed by atoms with Crippen LogP contribution in [0.2, 0.25) is 0 Å². The highest BCUT2D eigenvalue weighted by Crippen LogP contribution is 2.21. The van der Waals surface area contributed by atoms with Gasteiger partial charge in [-0.15, -0.1) is 0 Å². The molecule has 0 unspecified atom stereocenters. The van der Waals surface area contributed by atoms with Crippen LogP contribution in [0.25, 0.3) is 0 Å². The van der Waals surface area contributed by atoms with Crippen molar-refractivity contribution in [3.05, 3.63) is 117 Å². The number of nitrogen functional groups attached to an aromatic ring is 1. The minimum atomic E-state index is -0.712. The summed E-state index contributed by atoms with van der Waals surface area (Å²) >= 11 is 0. The topological polar surface area (TPSA) is 101 Å². The SMILES string of the molecule is C/C=C/C=C/C(=O)N(Cc1ccccc1)c1c(N)n(Cc2ccccc2)c(=O)[nH]c1=O. The number of carbonyl (C=O) groups excluding carboxylic acids is 1. The molecule has 0 radical (unpaired) electrons. The number of aromatic amines is 1. The summed E-state index contributed by atoms with van der Waals surface area (Å²) < 4.78 is 1.26. The van der Waals surface area contributed by atoms with Gasteiger partial charge in [0.15, 0.2) is 5.69 Å². The minimum absolute atomic E-state index is 0.0606. The van der Waals surface area contributed by atoms with Gasteiger partial charge in [0.2, 0.25) is 0 Å². The van der Waals surface area contributed by atoms with E-state index in [0.717, 1.165) is 11.1 Å². The second-order valence-electron chi connectivity index (χ2n) is 6.86. The summed E-state index contributed by atoms with van der Waals surface area (Å²) in [6.45, 7) is 2.12.